The van der Waals surface area contributed by atoms with Crippen molar-refractivity contribution in [3.05, 3.63) is 44.5 Å². The first kappa shape index (κ1) is 19.4. The van der Waals surface area contributed by atoms with Crippen LogP contribution in [-0.2, 0) is 20.7 Å². The summed E-state index contributed by atoms with van der Waals surface area (Å²) in [4.78, 5) is 45.9. The van der Waals surface area contributed by atoms with Gasteiger partial charge in [0.25, 0.3) is 11.1 Å². The van der Waals surface area contributed by atoms with Crippen LogP contribution in [0.5, 0.6) is 0 Å². The number of carbonyl (C=O) groups excluding carboxylic acids is 2. The van der Waals surface area contributed by atoms with Gasteiger partial charge < -0.3 is 10.1 Å². The van der Waals surface area contributed by atoms with Gasteiger partial charge in [-0.15, -0.1) is 0 Å². The Morgan fingerprint density at radius 2 is 1.73 bits per heavy atom. The lowest BCUT2D eigenvalue weighted by Gasteiger charge is -2.06. The predicted octanol–water partition coefficient (Wildman–Crippen LogP) is 0.999. The molecular weight excluding hydrogens is 338 g/mol. The van der Waals surface area contributed by atoms with Gasteiger partial charge in [0.1, 0.15) is 0 Å². The first-order valence-electron chi connectivity index (χ1n) is 8.58. The molecule has 0 fully saturated rings. The number of H-pyrrole nitrogens is 2. The van der Waals surface area contributed by atoms with Crippen LogP contribution in [0, 0.1) is 0 Å². The first-order chi connectivity index (χ1) is 12.5. The minimum atomic E-state index is -0.392. The van der Waals surface area contributed by atoms with Gasteiger partial charge in [-0.3, -0.25) is 29.4 Å². The molecular formula is C18H23N3O5. The van der Waals surface area contributed by atoms with Crippen LogP contribution in [0.4, 0.5) is 0 Å². The number of benzene rings is 1. The van der Waals surface area contributed by atoms with Crippen molar-refractivity contribution in [2.45, 2.75) is 38.5 Å². The van der Waals surface area contributed by atoms with Crippen molar-refractivity contribution >= 4 is 22.6 Å². The van der Waals surface area contributed by atoms with Gasteiger partial charge in [-0.2, -0.15) is 0 Å². The quantitative estimate of drug-likeness (QED) is 0.454. The van der Waals surface area contributed by atoms with E-state index in [1.807, 2.05) is 6.07 Å². The van der Waals surface area contributed by atoms with Crippen LogP contribution in [0.1, 0.15) is 37.7 Å². The Morgan fingerprint density at radius 3 is 2.46 bits per heavy atom. The van der Waals surface area contributed by atoms with Crippen molar-refractivity contribution in [1.29, 1.82) is 0 Å². The smallest absolute Gasteiger partial charge is 0.306 e. The third-order valence-corrected chi connectivity index (χ3v) is 4.11. The normalized spacial score (nSPS) is 10.7. The van der Waals surface area contributed by atoms with Crippen molar-refractivity contribution in [3.8, 4) is 0 Å². The maximum absolute atomic E-state index is 11.8. The second-order valence-corrected chi connectivity index (χ2v) is 6.02. The summed E-state index contributed by atoms with van der Waals surface area (Å²) in [6.07, 6.45) is 3.67. The second-order valence-electron chi connectivity index (χ2n) is 6.02. The molecule has 0 atom stereocenters. The molecule has 0 aliphatic carbocycles. The lowest BCUT2D eigenvalue weighted by Crippen LogP contribution is -2.25. The minimum absolute atomic E-state index is 0.0895. The molecule has 140 valence electrons. The Balaban J connectivity index is 1.70. The number of rotatable bonds is 9. The molecule has 1 heterocycles. The molecule has 0 aliphatic rings. The molecule has 1 aromatic heterocycles. The summed E-state index contributed by atoms with van der Waals surface area (Å²) >= 11 is 0. The van der Waals surface area contributed by atoms with E-state index < -0.39 is 5.97 Å². The van der Waals surface area contributed by atoms with E-state index in [1.54, 1.807) is 12.1 Å². The number of aromatic amines is 2. The summed E-state index contributed by atoms with van der Waals surface area (Å²) in [5.41, 5.74) is 0.376. The van der Waals surface area contributed by atoms with Crippen LogP contribution in [0.2, 0.25) is 0 Å². The number of carbonyl (C=O) groups is 2. The summed E-state index contributed by atoms with van der Waals surface area (Å²) in [5.74, 6) is -0.550. The molecule has 1 amide bonds. The molecule has 8 heteroatoms. The van der Waals surface area contributed by atoms with E-state index in [-0.39, 0.29) is 29.9 Å². The van der Waals surface area contributed by atoms with Crippen molar-refractivity contribution < 1.29 is 14.3 Å². The number of amides is 1. The molecule has 8 nitrogen and oxygen atoms in total. The summed E-state index contributed by atoms with van der Waals surface area (Å²) in [7, 11) is 1.30. The molecule has 2 aromatic rings. The molecule has 1 aromatic carbocycles. The lowest BCUT2D eigenvalue weighted by molar-refractivity contribution is -0.142. The number of aryl methyl sites for hydroxylation is 1. The zero-order chi connectivity index (χ0) is 18.9. The van der Waals surface area contributed by atoms with Crippen molar-refractivity contribution in [2.24, 2.45) is 0 Å². The predicted molar refractivity (Wildman–Crippen MR) is 97.0 cm³/mol. The Labute approximate surface area is 149 Å². The van der Waals surface area contributed by atoms with Gasteiger partial charge in [0.05, 0.1) is 24.3 Å². The summed E-state index contributed by atoms with van der Waals surface area (Å²) in [6.45, 7) is 0.562. The molecule has 0 unspecified atom stereocenters. The molecule has 0 aliphatic heterocycles. The van der Waals surface area contributed by atoms with Crippen LogP contribution in [0.15, 0.2) is 27.8 Å². The molecule has 0 bridgehead atoms. The third kappa shape index (κ3) is 5.58. The van der Waals surface area contributed by atoms with Crippen molar-refractivity contribution in [3.63, 3.8) is 0 Å². The van der Waals surface area contributed by atoms with E-state index >= 15 is 0 Å². The average molecular weight is 361 g/mol. The Bertz CT molecular complexity index is 884. The standard InChI is InChI=1S/C18H23N3O5/c1-26-16(23)9-8-15(22)19-10-4-2-3-5-12-6-7-13-14(11-12)18(25)21-20-17(13)24/h6-7,11H,2-5,8-10H2,1H3,(H,19,22)(H,20,24)(H,21,25). The van der Waals surface area contributed by atoms with Crippen LogP contribution in [0.25, 0.3) is 10.8 Å². The van der Waals surface area contributed by atoms with E-state index in [2.05, 4.69) is 20.3 Å². The van der Waals surface area contributed by atoms with E-state index in [9.17, 15) is 19.2 Å². The van der Waals surface area contributed by atoms with Gasteiger partial charge in [-0.25, -0.2) is 0 Å². The highest BCUT2D eigenvalue weighted by Crippen LogP contribution is 2.11. The fourth-order valence-electron chi connectivity index (χ4n) is 2.65. The largest absolute Gasteiger partial charge is 0.469 e. The van der Waals surface area contributed by atoms with Crippen LogP contribution < -0.4 is 16.4 Å². The number of aromatic nitrogens is 2. The Kier molecular flexibility index (Phi) is 7.13. The number of unbranched alkanes of at least 4 members (excludes halogenated alkanes) is 2. The monoisotopic (exact) mass is 361 g/mol. The zero-order valence-electron chi connectivity index (χ0n) is 14.7. The summed E-state index contributed by atoms with van der Waals surface area (Å²) in [5, 5.41) is 8.17. The van der Waals surface area contributed by atoms with Crippen molar-refractivity contribution in [1.82, 2.24) is 15.5 Å². The first-order valence-corrected chi connectivity index (χ1v) is 8.58. The number of hydrogen-bond donors (Lipinski definition) is 3. The maximum Gasteiger partial charge on any atom is 0.306 e. The molecule has 0 radical (unpaired) electrons. The number of methoxy groups -OCH3 is 1. The number of esters is 1. The number of hydrogen-bond acceptors (Lipinski definition) is 5. The van der Waals surface area contributed by atoms with E-state index in [0.29, 0.717) is 17.3 Å². The molecule has 0 saturated carbocycles. The fraction of sp³-hybridized carbons (Fsp3) is 0.444. The Morgan fingerprint density at radius 1 is 1.00 bits per heavy atom. The number of nitrogens with one attached hydrogen (secondary N) is 3. The van der Waals surface area contributed by atoms with Gasteiger partial charge in [-0.05, 0) is 37.0 Å². The SMILES string of the molecule is COC(=O)CCC(=O)NCCCCCc1ccc2c(=O)[nH][nH]c(=O)c2c1. The lowest BCUT2D eigenvalue weighted by atomic mass is 10.0. The van der Waals surface area contributed by atoms with Gasteiger partial charge in [0.15, 0.2) is 0 Å². The topological polar surface area (TPSA) is 121 Å². The Hall–Kier alpha value is -2.90. The van der Waals surface area contributed by atoms with Crippen LogP contribution in [0.3, 0.4) is 0 Å². The molecule has 0 spiro atoms. The van der Waals surface area contributed by atoms with E-state index in [4.69, 9.17) is 0 Å². The van der Waals surface area contributed by atoms with Gasteiger partial charge in [0.2, 0.25) is 5.91 Å². The molecule has 2 rings (SSSR count). The summed E-state index contributed by atoms with van der Waals surface area (Å²) in [6, 6.07) is 5.27. The van der Waals surface area contributed by atoms with Gasteiger partial charge in [-0.1, -0.05) is 12.5 Å². The highest BCUT2D eigenvalue weighted by Gasteiger charge is 2.06. The highest BCUT2D eigenvalue weighted by molar-refractivity contribution is 5.81. The number of ether oxygens (including phenoxy) is 1. The molecule has 3 N–H and O–H groups in total. The van der Waals surface area contributed by atoms with E-state index in [0.717, 1.165) is 31.2 Å². The zero-order valence-corrected chi connectivity index (χ0v) is 14.7. The maximum atomic E-state index is 11.8. The van der Waals surface area contributed by atoms with Gasteiger partial charge in [0, 0.05) is 13.0 Å². The number of fused-ring (bicyclic) bond motifs is 1. The molecule has 26 heavy (non-hydrogen) atoms. The minimum Gasteiger partial charge on any atom is -0.469 e. The molecule has 0 saturated heterocycles. The second kappa shape index (κ2) is 9.55. The van der Waals surface area contributed by atoms with Crippen LogP contribution >= 0.6 is 0 Å². The average Bonchev–Trinajstić information content (AvgIpc) is 2.65. The fourth-order valence-corrected chi connectivity index (χ4v) is 2.65. The highest BCUT2D eigenvalue weighted by atomic mass is 16.5. The summed E-state index contributed by atoms with van der Waals surface area (Å²) < 4.78 is 4.48. The van der Waals surface area contributed by atoms with Gasteiger partial charge >= 0.3 is 5.97 Å². The van der Waals surface area contributed by atoms with E-state index in [1.165, 1.54) is 7.11 Å². The van der Waals surface area contributed by atoms with Crippen molar-refractivity contribution in [2.75, 3.05) is 13.7 Å². The third-order valence-electron chi connectivity index (χ3n) is 4.11. The van der Waals surface area contributed by atoms with Crippen LogP contribution in [-0.4, -0.2) is 35.7 Å².